The van der Waals surface area contributed by atoms with E-state index in [1.165, 1.54) is 0 Å². The van der Waals surface area contributed by atoms with E-state index in [2.05, 4.69) is 4.98 Å². The lowest BCUT2D eigenvalue weighted by atomic mass is 10.0. The van der Waals surface area contributed by atoms with Crippen molar-refractivity contribution in [3.05, 3.63) is 28.6 Å². The van der Waals surface area contributed by atoms with Gasteiger partial charge in [0.15, 0.2) is 0 Å². The van der Waals surface area contributed by atoms with Gasteiger partial charge in [-0.3, -0.25) is 4.98 Å². The summed E-state index contributed by atoms with van der Waals surface area (Å²) < 4.78 is 25.0. The van der Waals surface area contributed by atoms with Crippen LogP contribution in [0.25, 0.3) is 0 Å². The number of aliphatic hydroxyl groups excluding tert-OH is 1. The van der Waals surface area contributed by atoms with E-state index in [0.29, 0.717) is 0 Å². The Hall–Kier alpha value is -1.25. The highest BCUT2D eigenvalue weighted by molar-refractivity contribution is 6.17. The second-order valence-electron chi connectivity index (χ2n) is 2.72. The van der Waals surface area contributed by atoms with Gasteiger partial charge < -0.3 is 5.11 Å². The van der Waals surface area contributed by atoms with E-state index in [1.54, 1.807) is 6.07 Å². The molecule has 6 heteroatoms. The zero-order chi connectivity index (χ0) is 11.4. The molecule has 1 N–H and O–H groups in total. The van der Waals surface area contributed by atoms with Gasteiger partial charge in [0.25, 0.3) is 6.43 Å². The Morgan fingerprint density at radius 2 is 2.27 bits per heavy atom. The third-order valence-electron chi connectivity index (χ3n) is 1.93. The van der Waals surface area contributed by atoms with Gasteiger partial charge in [0, 0.05) is 17.6 Å². The number of hydrogen-bond donors (Lipinski definition) is 1. The maximum absolute atomic E-state index is 12.5. The van der Waals surface area contributed by atoms with E-state index in [-0.39, 0.29) is 28.3 Å². The molecule has 1 heterocycles. The highest BCUT2D eigenvalue weighted by atomic mass is 35.5. The normalized spacial score (nSPS) is 10.4. The molecule has 0 unspecified atom stereocenters. The summed E-state index contributed by atoms with van der Waals surface area (Å²) in [4.78, 5) is 3.59. The molecule has 0 saturated carbocycles. The van der Waals surface area contributed by atoms with Crippen molar-refractivity contribution in [3.8, 4) is 6.07 Å². The van der Waals surface area contributed by atoms with E-state index in [0.717, 1.165) is 6.20 Å². The molecule has 0 fully saturated rings. The Balaban J connectivity index is 3.43. The molecule has 1 aromatic heterocycles. The number of alkyl halides is 3. The van der Waals surface area contributed by atoms with E-state index in [1.807, 2.05) is 0 Å². The first-order valence-electron chi connectivity index (χ1n) is 4.01. The SMILES string of the molecule is N#Cc1c(CO)ncc(C(F)F)c1CCl. The van der Waals surface area contributed by atoms with Crippen LogP contribution in [0.1, 0.15) is 28.8 Å². The Labute approximate surface area is 89.9 Å². The summed E-state index contributed by atoms with van der Waals surface area (Å²) in [6.07, 6.45) is -1.79. The average Bonchev–Trinajstić information content (AvgIpc) is 2.26. The molecule has 0 atom stereocenters. The van der Waals surface area contributed by atoms with Crippen molar-refractivity contribution < 1.29 is 13.9 Å². The standard InChI is InChI=1S/C9H7ClF2N2O/c10-1-5-6(2-13)8(4-15)14-3-7(5)9(11)12/h3,9,15H,1,4H2. The molecule has 0 aliphatic rings. The summed E-state index contributed by atoms with van der Waals surface area (Å²) in [6.45, 7) is -0.476. The Kier molecular flexibility index (Phi) is 3.95. The lowest BCUT2D eigenvalue weighted by Gasteiger charge is -2.09. The molecule has 80 valence electrons. The molecule has 0 aliphatic heterocycles. The van der Waals surface area contributed by atoms with Crippen LogP contribution in [0.3, 0.4) is 0 Å². The number of nitriles is 1. The maximum atomic E-state index is 12.5. The summed E-state index contributed by atoms with van der Waals surface area (Å²) in [6, 6.07) is 1.72. The fourth-order valence-corrected chi connectivity index (χ4v) is 1.48. The van der Waals surface area contributed by atoms with Crippen LogP contribution < -0.4 is 0 Å². The molecule has 15 heavy (non-hydrogen) atoms. The van der Waals surface area contributed by atoms with Crippen molar-refractivity contribution in [2.45, 2.75) is 18.9 Å². The summed E-state index contributed by atoms with van der Waals surface area (Å²) >= 11 is 5.50. The van der Waals surface area contributed by atoms with Gasteiger partial charge in [0.1, 0.15) is 6.07 Å². The zero-order valence-corrected chi connectivity index (χ0v) is 8.30. The summed E-state index contributed by atoms with van der Waals surface area (Å²) in [5.41, 5.74) is -0.324. The van der Waals surface area contributed by atoms with Gasteiger partial charge in [-0.1, -0.05) is 0 Å². The Bertz CT molecular complexity index is 404. The van der Waals surface area contributed by atoms with Crippen LogP contribution in [0.4, 0.5) is 8.78 Å². The number of rotatable bonds is 3. The van der Waals surface area contributed by atoms with Gasteiger partial charge in [-0.25, -0.2) is 8.78 Å². The third-order valence-corrected chi connectivity index (χ3v) is 2.20. The molecule has 3 nitrogen and oxygen atoms in total. The number of hydrogen-bond acceptors (Lipinski definition) is 3. The second kappa shape index (κ2) is 5.01. The van der Waals surface area contributed by atoms with Crippen LogP contribution in [0.5, 0.6) is 0 Å². The minimum Gasteiger partial charge on any atom is -0.390 e. The van der Waals surface area contributed by atoms with E-state index < -0.39 is 13.0 Å². The van der Waals surface area contributed by atoms with Crippen molar-refractivity contribution in [1.82, 2.24) is 4.98 Å². The topological polar surface area (TPSA) is 56.9 Å². The minimum absolute atomic E-state index is 0.0354. The fraction of sp³-hybridized carbons (Fsp3) is 0.333. The average molecular weight is 233 g/mol. The smallest absolute Gasteiger partial charge is 0.265 e. The molecule has 0 bridgehead atoms. The van der Waals surface area contributed by atoms with Crippen LogP contribution in [0.2, 0.25) is 0 Å². The zero-order valence-electron chi connectivity index (χ0n) is 7.54. The van der Waals surface area contributed by atoms with Crippen LogP contribution >= 0.6 is 11.6 Å². The number of aromatic nitrogens is 1. The summed E-state index contributed by atoms with van der Waals surface area (Å²) in [5.74, 6) is -0.210. The van der Waals surface area contributed by atoms with E-state index >= 15 is 0 Å². The lowest BCUT2D eigenvalue weighted by molar-refractivity contribution is 0.150. The third kappa shape index (κ3) is 2.22. The van der Waals surface area contributed by atoms with Crippen molar-refractivity contribution in [1.29, 1.82) is 5.26 Å². The van der Waals surface area contributed by atoms with E-state index in [4.69, 9.17) is 22.0 Å². The number of halogens is 3. The molecule has 1 aromatic rings. The predicted octanol–water partition coefficient (Wildman–Crippen LogP) is 2.12. The summed E-state index contributed by atoms with van der Waals surface area (Å²) in [7, 11) is 0. The van der Waals surface area contributed by atoms with Crippen molar-refractivity contribution in [2.75, 3.05) is 0 Å². The molecule has 1 rings (SSSR count). The second-order valence-corrected chi connectivity index (χ2v) is 2.99. The molecule has 0 amide bonds. The quantitative estimate of drug-likeness (QED) is 0.812. The van der Waals surface area contributed by atoms with Crippen LogP contribution in [-0.2, 0) is 12.5 Å². The Morgan fingerprint density at radius 3 is 2.67 bits per heavy atom. The molecule has 0 saturated heterocycles. The maximum Gasteiger partial charge on any atom is 0.265 e. The minimum atomic E-state index is -2.73. The first-order chi connectivity index (χ1) is 7.15. The van der Waals surface area contributed by atoms with E-state index in [9.17, 15) is 8.78 Å². The molecule has 0 aromatic carbocycles. The van der Waals surface area contributed by atoms with Crippen molar-refractivity contribution in [2.24, 2.45) is 0 Å². The van der Waals surface area contributed by atoms with Gasteiger partial charge in [0.2, 0.25) is 0 Å². The molecule has 0 aliphatic carbocycles. The van der Waals surface area contributed by atoms with Crippen LogP contribution in [0, 0.1) is 11.3 Å². The van der Waals surface area contributed by atoms with Crippen LogP contribution in [0.15, 0.2) is 6.20 Å². The van der Waals surface area contributed by atoms with Gasteiger partial charge in [-0.15, -0.1) is 11.6 Å². The van der Waals surface area contributed by atoms with Crippen LogP contribution in [-0.4, -0.2) is 10.1 Å². The number of nitrogens with zero attached hydrogens (tertiary/aromatic N) is 2. The number of pyridine rings is 1. The van der Waals surface area contributed by atoms with Crippen molar-refractivity contribution in [3.63, 3.8) is 0 Å². The van der Waals surface area contributed by atoms with Crippen molar-refractivity contribution >= 4 is 11.6 Å². The Morgan fingerprint density at radius 1 is 1.60 bits per heavy atom. The molecule has 0 radical (unpaired) electrons. The number of aliphatic hydroxyl groups is 1. The first kappa shape index (κ1) is 11.8. The largest absolute Gasteiger partial charge is 0.390 e. The van der Waals surface area contributed by atoms with Gasteiger partial charge in [0.05, 0.1) is 17.9 Å². The molecular weight excluding hydrogens is 226 g/mol. The highest BCUT2D eigenvalue weighted by Crippen LogP contribution is 2.27. The molecule has 0 spiro atoms. The predicted molar refractivity (Wildman–Crippen MR) is 49.4 cm³/mol. The molecular formula is C9H7ClF2N2O. The first-order valence-corrected chi connectivity index (χ1v) is 4.54. The lowest BCUT2D eigenvalue weighted by Crippen LogP contribution is -2.04. The highest BCUT2D eigenvalue weighted by Gasteiger charge is 2.19. The van der Waals surface area contributed by atoms with Gasteiger partial charge >= 0.3 is 0 Å². The van der Waals surface area contributed by atoms with Gasteiger partial charge in [-0.05, 0) is 5.56 Å². The summed E-state index contributed by atoms with van der Waals surface area (Å²) in [5, 5.41) is 17.6. The van der Waals surface area contributed by atoms with Gasteiger partial charge in [-0.2, -0.15) is 5.26 Å². The monoisotopic (exact) mass is 232 g/mol. The fourth-order valence-electron chi connectivity index (χ4n) is 1.19.